The minimum absolute atomic E-state index is 0.0155. The summed E-state index contributed by atoms with van der Waals surface area (Å²) < 4.78 is 6.28. The number of ether oxygens (including phenoxy) is 1. The molecule has 0 spiro atoms. The number of nitrogens with zero attached hydrogens (tertiary/aromatic N) is 1. The fourth-order valence-electron chi connectivity index (χ4n) is 5.84. The second-order valence-corrected chi connectivity index (χ2v) is 9.30. The summed E-state index contributed by atoms with van der Waals surface area (Å²) in [5, 5.41) is 9.74. The molecule has 2 amide bonds. The fraction of sp³-hybridized carbons (Fsp3) is 0.556. The second kappa shape index (κ2) is 9.62. The molecule has 0 bridgehead atoms. The smallest absolute Gasteiger partial charge is 0.233 e. The van der Waals surface area contributed by atoms with Crippen LogP contribution in [0.15, 0.2) is 41.0 Å². The number of benzene rings is 1. The predicted molar refractivity (Wildman–Crippen MR) is 125 cm³/mol. The molecule has 4 atom stereocenters. The van der Waals surface area contributed by atoms with E-state index >= 15 is 0 Å². The second-order valence-electron chi connectivity index (χ2n) is 9.30. The van der Waals surface area contributed by atoms with E-state index in [2.05, 4.69) is 19.9 Å². The summed E-state index contributed by atoms with van der Waals surface area (Å²) in [4.78, 5) is 27.6. The van der Waals surface area contributed by atoms with Crippen molar-refractivity contribution >= 4 is 17.9 Å². The van der Waals surface area contributed by atoms with E-state index < -0.39 is 0 Å². The zero-order valence-corrected chi connectivity index (χ0v) is 19.5. The Hall–Kier alpha value is -2.40. The molecule has 2 saturated heterocycles. The highest BCUT2D eigenvalue weighted by molar-refractivity contribution is 6.05. The minimum Gasteiger partial charge on any atom is -0.508 e. The van der Waals surface area contributed by atoms with Crippen molar-refractivity contribution in [2.24, 2.45) is 17.8 Å². The third-order valence-corrected chi connectivity index (χ3v) is 7.40. The fourth-order valence-corrected chi connectivity index (χ4v) is 5.84. The van der Waals surface area contributed by atoms with Gasteiger partial charge in [-0.3, -0.25) is 14.5 Å². The minimum atomic E-state index is -0.238. The van der Waals surface area contributed by atoms with Crippen LogP contribution in [0, 0.1) is 17.8 Å². The third-order valence-electron chi connectivity index (χ3n) is 7.40. The van der Waals surface area contributed by atoms with Crippen molar-refractivity contribution in [3.05, 3.63) is 46.5 Å². The lowest BCUT2D eigenvalue weighted by Crippen LogP contribution is -2.34. The maximum atomic E-state index is 13.1. The number of allylic oxidation sites excluding steroid dienone is 2. The Bertz CT molecular complexity index is 947. The zero-order valence-electron chi connectivity index (χ0n) is 19.5. The molecule has 172 valence electrons. The molecule has 1 aliphatic carbocycles. The molecule has 0 aromatic heterocycles. The Morgan fingerprint density at radius 3 is 2.69 bits per heavy atom. The third kappa shape index (κ3) is 4.15. The van der Waals surface area contributed by atoms with Crippen molar-refractivity contribution in [3.8, 4) is 5.75 Å². The average Bonchev–Trinajstić information content (AvgIpc) is 3.31. The number of hydrogen-bond donors (Lipinski definition) is 1. The van der Waals surface area contributed by atoms with E-state index in [1.54, 1.807) is 12.1 Å². The standard InChI is InChI=1S/C27H35NO4/c1-4-12-28-26(30)21-15-19(6-3)24-22(25(21)27(28)31)16-32-23(24)11-10-17(5-2)13-18-8-7-9-20(29)14-18/h7-9,13-14,21-23,25,29H,4-6,10-12,15-16H2,1-3H3/b17-13+/t21-,22+,23-,25-/m1/s1. The highest BCUT2D eigenvalue weighted by Gasteiger charge is 2.56. The molecule has 5 nitrogen and oxygen atoms in total. The number of phenols is 1. The first-order valence-electron chi connectivity index (χ1n) is 12.2. The zero-order chi connectivity index (χ0) is 22.8. The quantitative estimate of drug-likeness (QED) is 0.454. The number of aromatic hydroxyl groups is 1. The molecule has 2 fully saturated rings. The number of amides is 2. The van der Waals surface area contributed by atoms with Crippen molar-refractivity contribution < 1.29 is 19.4 Å². The van der Waals surface area contributed by atoms with Gasteiger partial charge in [-0.1, -0.05) is 50.1 Å². The van der Waals surface area contributed by atoms with Gasteiger partial charge in [0, 0.05) is 12.5 Å². The van der Waals surface area contributed by atoms with Gasteiger partial charge in [-0.15, -0.1) is 0 Å². The molecule has 0 radical (unpaired) electrons. The molecule has 0 unspecified atom stereocenters. The van der Waals surface area contributed by atoms with Gasteiger partial charge >= 0.3 is 0 Å². The van der Waals surface area contributed by atoms with Crippen molar-refractivity contribution in [2.75, 3.05) is 13.2 Å². The van der Waals surface area contributed by atoms with Gasteiger partial charge in [-0.2, -0.15) is 0 Å². The van der Waals surface area contributed by atoms with Crippen LogP contribution in [0.5, 0.6) is 5.75 Å². The number of carbonyl (C=O) groups excluding carboxylic acids is 2. The number of fused-ring (bicyclic) bond motifs is 3. The lowest BCUT2D eigenvalue weighted by molar-refractivity contribution is -0.140. The van der Waals surface area contributed by atoms with Crippen LogP contribution in [-0.4, -0.2) is 41.1 Å². The van der Waals surface area contributed by atoms with Crippen molar-refractivity contribution in [1.82, 2.24) is 4.90 Å². The predicted octanol–water partition coefficient (Wildman–Crippen LogP) is 5.10. The first-order valence-corrected chi connectivity index (χ1v) is 12.2. The SMILES string of the molecule is CCCN1C(=O)[C@@H]2[C@@H](CC(CC)=C3[C@@H](CC/C(=C/c4cccc(O)c4)CC)OC[C@@H]32)C1=O. The lowest BCUT2D eigenvalue weighted by Gasteiger charge is -2.31. The van der Waals surface area contributed by atoms with Crippen LogP contribution >= 0.6 is 0 Å². The molecular formula is C27H35NO4. The molecule has 32 heavy (non-hydrogen) atoms. The number of rotatable bonds is 8. The summed E-state index contributed by atoms with van der Waals surface area (Å²) in [6, 6.07) is 7.32. The van der Waals surface area contributed by atoms with Gasteiger partial charge in [0.25, 0.3) is 0 Å². The average molecular weight is 438 g/mol. The summed E-state index contributed by atoms with van der Waals surface area (Å²) in [7, 11) is 0. The largest absolute Gasteiger partial charge is 0.508 e. The van der Waals surface area contributed by atoms with Crippen LogP contribution in [0.4, 0.5) is 0 Å². The van der Waals surface area contributed by atoms with Crippen LogP contribution in [0.2, 0.25) is 0 Å². The van der Waals surface area contributed by atoms with E-state index in [1.165, 1.54) is 21.6 Å². The Kier molecular flexibility index (Phi) is 6.85. The number of likely N-dealkylation sites (tertiary alicyclic amines) is 1. The van der Waals surface area contributed by atoms with Crippen molar-refractivity contribution in [2.45, 2.75) is 65.4 Å². The monoisotopic (exact) mass is 437 g/mol. The molecule has 0 saturated carbocycles. The molecule has 3 aliphatic rings. The van der Waals surface area contributed by atoms with Gasteiger partial charge in [0.05, 0.1) is 24.5 Å². The van der Waals surface area contributed by atoms with E-state index in [9.17, 15) is 14.7 Å². The van der Waals surface area contributed by atoms with E-state index in [0.717, 1.165) is 37.7 Å². The van der Waals surface area contributed by atoms with E-state index in [4.69, 9.17) is 4.74 Å². The molecule has 1 aromatic rings. The Morgan fingerprint density at radius 1 is 1.19 bits per heavy atom. The Balaban J connectivity index is 1.52. The van der Waals surface area contributed by atoms with Crippen LogP contribution in [0.25, 0.3) is 6.08 Å². The molecule has 1 aromatic carbocycles. The maximum Gasteiger partial charge on any atom is 0.233 e. The first kappa shape index (κ1) is 22.8. The summed E-state index contributed by atoms with van der Waals surface area (Å²) in [5.74, 6) is -0.0695. The highest BCUT2D eigenvalue weighted by atomic mass is 16.5. The number of hydrogen-bond acceptors (Lipinski definition) is 4. The highest BCUT2D eigenvalue weighted by Crippen LogP contribution is 2.50. The van der Waals surface area contributed by atoms with Crippen LogP contribution < -0.4 is 0 Å². The van der Waals surface area contributed by atoms with Crippen LogP contribution in [-0.2, 0) is 14.3 Å². The lowest BCUT2D eigenvalue weighted by atomic mass is 9.69. The van der Waals surface area contributed by atoms with Crippen molar-refractivity contribution in [1.29, 1.82) is 0 Å². The van der Waals surface area contributed by atoms with Gasteiger partial charge in [0.15, 0.2) is 0 Å². The molecule has 4 rings (SSSR count). The van der Waals surface area contributed by atoms with Gasteiger partial charge < -0.3 is 9.84 Å². The van der Waals surface area contributed by atoms with Gasteiger partial charge in [-0.05, 0) is 61.8 Å². The van der Waals surface area contributed by atoms with Gasteiger partial charge in [-0.25, -0.2) is 0 Å². The summed E-state index contributed by atoms with van der Waals surface area (Å²) in [6.45, 7) is 7.38. The maximum absolute atomic E-state index is 13.1. The molecule has 2 aliphatic heterocycles. The van der Waals surface area contributed by atoms with Crippen LogP contribution in [0.1, 0.15) is 64.9 Å². The number of carbonyl (C=O) groups is 2. The van der Waals surface area contributed by atoms with E-state index in [1.807, 2.05) is 19.1 Å². The van der Waals surface area contributed by atoms with Crippen molar-refractivity contribution in [3.63, 3.8) is 0 Å². The Labute approximate surface area is 191 Å². The van der Waals surface area contributed by atoms with E-state index in [0.29, 0.717) is 19.6 Å². The summed E-state index contributed by atoms with van der Waals surface area (Å²) in [6.07, 6.45) is 7.32. The molecular weight excluding hydrogens is 402 g/mol. The molecule has 2 heterocycles. The van der Waals surface area contributed by atoms with Gasteiger partial charge in [0.1, 0.15) is 5.75 Å². The molecule has 5 heteroatoms. The van der Waals surface area contributed by atoms with Crippen LogP contribution in [0.3, 0.4) is 0 Å². The number of phenolic OH excluding ortho intramolecular Hbond substituents is 1. The first-order chi connectivity index (χ1) is 15.5. The summed E-state index contributed by atoms with van der Waals surface area (Å²) >= 11 is 0. The number of imide groups is 1. The Morgan fingerprint density at radius 2 is 2.00 bits per heavy atom. The normalized spacial score (nSPS) is 27.8. The molecule has 1 N–H and O–H groups in total. The summed E-state index contributed by atoms with van der Waals surface area (Å²) in [5.41, 5.74) is 4.96. The topological polar surface area (TPSA) is 66.8 Å². The van der Waals surface area contributed by atoms with Gasteiger partial charge in [0.2, 0.25) is 11.8 Å². The van der Waals surface area contributed by atoms with E-state index in [-0.39, 0.29) is 41.4 Å².